The van der Waals surface area contributed by atoms with Crippen LogP contribution in [0.5, 0.6) is 0 Å². The van der Waals surface area contributed by atoms with Crippen LogP contribution < -0.4 is 10.6 Å². The van der Waals surface area contributed by atoms with Crippen molar-refractivity contribution in [1.82, 2.24) is 10.6 Å². The van der Waals surface area contributed by atoms with Crippen LogP contribution in [0.2, 0.25) is 0 Å². The number of carboxylic acids is 1. The van der Waals surface area contributed by atoms with E-state index >= 15 is 0 Å². The summed E-state index contributed by atoms with van der Waals surface area (Å²) in [5, 5.41) is 18.4. The van der Waals surface area contributed by atoms with Crippen molar-refractivity contribution in [3.8, 4) is 0 Å². The number of thiophene rings is 1. The maximum atomic E-state index is 12.0. The molecule has 0 aliphatic heterocycles. The third kappa shape index (κ3) is 4.54. The van der Waals surface area contributed by atoms with Crippen LogP contribution in [-0.2, 0) is 9.59 Å². The minimum atomic E-state index is -1.15. The molecule has 3 N–H and O–H groups in total. The smallest absolute Gasteiger partial charge is 0.329 e. The average Bonchev–Trinajstić information content (AvgIpc) is 3.04. The fourth-order valence-electron chi connectivity index (χ4n) is 2.76. The van der Waals surface area contributed by atoms with Crippen LogP contribution in [0.3, 0.4) is 0 Å². The molecule has 1 aliphatic rings. The second-order valence-corrected chi connectivity index (χ2v) is 6.92. The number of carbonyl (C=O) groups excluding carboxylic acids is 2. The molecule has 23 heavy (non-hydrogen) atoms. The van der Waals surface area contributed by atoms with E-state index in [1.54, 1.807) is 11.4 Å². The number of carboxylic acid groups (broad SMARTS) is 1. The van der Waals surface area contributed by atoms with Crippen molar-refractivity contribution in [2.24, 2.45) is 5.92 Å². The molecular weight excluding hydrogens is 316 g/mol. The zero-order valence-corrected chi connectivity index (χ0v) is 13.9. The Balaban J connectivity index is 1.81. The molecule has 0 radical (unpaired) electrons. The maximum Gasteiger partial charge on any atom is 0.329 e. The third-order valence-corrected chi connectivity index (χ3v) is 5.02. The predicted molar refractivity (Wildman–Crippen MR) is 87.4 cm³/mol. The SMILES string of the molecule is CC1CCC(NC(=O)CCNC(=O)c2ccsc2)(C(=O)O)CC1. The molecule has 7 heteroatoms. The van der Waals surface area contributed by atoms with E-state index in [1.807, 2.05) is 5.38 Å². The number of hydrogen-bond donors (Lipinski definition) is 3. The third-order valence-electron chi connectivity index (χ3n) is 4.34. The minimum Gasteiger partial charge on any atom is -0.480 e. The summed E-state index contributed by atoms with van der Waals surface area (Å²) in [4.78, 5) is 35.4. The van der Waals surface area contributed by atoms with Crippen molar-refractivity contribution in [2.75, 3.05) is 6.54 Å². The lowest BCUT2D eigenvalue weighted by Gasteiger charge is -2.36. The normalized spacial score (nSPS) is 24.0. The summed E-state index contributed by atoms with van der Waals surface area (Å²) in [7, 11) is 0. The van der Waals surface area contributed by atoms with Crippen molar-refractivity contribution in [3.63, 3.8) is 0 Å². The van der Waals surface area contributed by atoms with Gasteiger partial charge in [0, 0.05) is 23.9 Å². The zero-order chi connectivity index (χ0) is 16.9. The van der Waals surface area contributed by atoms with Crippen LogP contribution in [0.25, 0.3) is 0 Å². The molecule has 0 saturated heterocycles. The lowest BCUT2D eigenvalue weighted by atomic mass is 9.77. The number of aliphatic carboxylic acids is 1. The Labute approximate surface area is 139 Å². The lowest BCUT2D eigenvalue weighted by molar-refractivity contribution is -0.149. The van der Waals surface area contributed by atoms with Crippen molar-refractivity contribution in [2.45, 2.75) is 44.6 Å². The number of amides is 2. The Morgan fingerprint density at radius 2 is 2.04 bits per heavy atom. The standard InChI is InChI=1S/C16H22N2O4S/c1-11-2-6-16(7-3-11,15(21)22)18-13(19)4-8-17-14(20)12-5-9-23-10-12/h5,9-11H,2-4,6-8H2,1H3,(H,17,20)(H,18,19)(H,21,22). The van der Waals surface area contributed by atoms with Crippen LogP contribution in [0.4, 0.5) is 0 Å². The second kappa shape index (κ2) is 7.59. The Hall–Kier alpha value is -1.89. The van der Waals surface area contributed by atoms with Gasteiger partial charge in [0.2, 0.25) is 5.91 Å². The highest BCUT2D eigenvalue weighted by Crippen LogP contribution is 2.32. The van der Waals surface area contributed by atoms with Gasteiger partial charge in [-0.1, -0.05) is 6.92 Å². The zero-order valence-electron chi connectivity index (χ0n) is 13.1. The Kier molecular flexibility index (Phi) is 5.76. The topological polar surface area (TPSA) is 95.5 Å². The minimum absolute atomic E-state index is 0.0699. The Morgan fingerprint density at radius 1 is 1.35 bits per heavy atom. The molecule has 1 heterocycles. The van der Waals surface area contributed by atoms with Crippen LogP contribution in [0.1, 0.15) is 49.4 Å². The fraction of sp³-hybridized carbons (Fsp3) is 0.562. The molecule has 0 bridgehead atoms. The molecule has 1 fully saturated rings. The summed E-state index contributed by atoms with van der Waals surface area (Å²) < 4.78 is 0. The molecule has 0 aromatic carbocycles. The predicted octanol–water partition coefficient (Wildman–Crippen LogP) is 2.02. The number of carbonyl (C=O) groups is 3. The summed E-state index contributed by atoms with van der Waals surface area (Å²) in [6, 6.07) is 1.71. The summed E-state index contributed by atoms with van der Waals surface area (Å²) >= 11 is 1.43. The lowest BCUT2D eigenvalue weighted by Crippen LogP contribution is -2.56. The van der Waals surface area contributed by atoms with Gasteiger partial charge in [-0.2, -0.15) is 11.3 Å². The molecule has 0 atom stereocenters. The maximum absolute atomic E-state index is 12.0. The Bertz CT molecular complexity index is 563. The van der Waals surface area contributed by atoms with Crippen LogP contribution in [-0.4, -0.2) is 35.0 Å². The summed E-state index contributed by atoms with van der Waals surface area (Å²) in [6.45, 7) is 2.28. The molecule has 6 nitrogen and oxygen atoms in total. The van der Waals surface area contributed by atoms with E-state index in [1.165, 1.54) is 11.3 Å². The van der Waals surface area contributed by atoms with Crippen molar-refractivity contribution in [3.05, 3.63) is 22.4 Å². The van der Waals surface area contributed by atoms with E-state index in [4.69, 9.17) is 0 Å². The van der Waals surface area contributed by atoms with Gasteiger partial charge < -0.3 is 15.7 Å². The van der Waals surface area contributed by atoms with E-state index in [2.05, 4.69) is 17.6 Å². The first-order valence-corrected chi connectivity index (χ1v) is 8.72. The summed E-state index contributed by atoms with van der Waals surface area (Å²) in [5.74, 6) is -1.05. The highest BCUT2D eigenvalue weighted by atomic mass is 32.1. The molecule has 2 amide bonds. The molecule has 2 rings (SSSR count). The first kappa shape index (κ1) is 17.5. The molecule has 1 aromatic rings. The van der Waals surface area contributed by atoms with Crippen molar-refractivity contribution >= 4 is 29.1 Å². The first-order valence-electron chi connectivity index (χ1n) is 7.78. The Morgan fingerprint density at radius 3 is 2.61 bits per heavy atom. The van der Waals surface area contributed by atoms with Gasteiger partial charge in [-0.05, 0) is 43.0 Å². The van der Waals surface area contributed by atoms with Gasteiger partial charge in [-0.15, -0.1) is 0 Å². The van der Waals surface area contributed by atoms with Gasteiger partial charge in [-0.25, -0.2) is 4.79 Å². The van der Waals surface area contributed by atoms with E-state index in [-0.39, 0.29) is 24.8 Å². The second-order valence-electron chi connectivity index (χ2n) is 6.14. The van der Waals surface area contributed by atoms with E-state index in [9.17, 15) is 19.5 Å². The van der Waals surface area contributed by atoms with E-state index in [0.717, 1.165) is 12.8 Å². The highest BCUT2D eigenvalue weighted by molar-refractivity contribution is 7.08. The molecule has 1 aromatic heterocycles. The number of hydrogen-bond acceptors (Lipinski definition) is 4. The molecule has 1 aliphatic carbocycles. The fourth-order valence-corrected chi connectivity index (χ4v) is 3.40. The van der Waals surface area contributed by atoms with Gasteiger partial charge in [0.1, 0.15) is 5.54 Å². The largest absolute Gasteiger partial charge is 0.480 e. The van der Waals surface area contributed by atoms with Gasteiger partial charge in [0.25, 0.3) is 5.91 Å². The first-order chi connectivity index (χ1) is 10.9. The van der Waals surface area contributed by atoms with Crippen LogP contribution >= 0.6 is 11.3 Å². The molecule has 0 unspecified atom stereocenters. The van der Waals surface area contributed by atoms with Crippen molar-refractivity contribution in [1.29, 1.82) is 0 Å². The van der Waals surface area contributed by atoms with E-state index in [0.29, 0.717) is 24.3 Å². The van der Waals surface area contributed by atoms with Gasteiger partial charge >= 0.3 is 5.97 Å². The number of nitrogens with one attached hydrogen (secondary N) is 2. The van der Waals surface area contributed by atoms with Gasteiger partial charge in [0.05, 0.1) is 0 Å². The van der Waals surface area contributed by atoms with Gasteiger partial charge in [0.15, 0.2) is 0 Å². The summed E-state index contributed by atoms with van der Waals surface area (Å²) in [6.07, 6.45) is 2.57. The molecule has 126 valence electrons. The monoisotopic (exact) mass is 338 g/mol. The molecule has 1 saturated carbocycles. The van der Waals surface area contributed by atoms with Crippen molar-refractivity contribution < 1.29 is 19.5 Å². The van der Waals surface area contributed by atoms with Gasteiger partial charge in [-0.3, -0.25) is 9.59 Å². The number of rotatable bonds is 6. The average molecular weight is 338 g/mol. The molecular formula is C16H22N2O4S. The van der Waals surface area contributed by atoms with E-state index < -0.39 is 11.5 Å². The summed E-state index contributed by atoms with van der Waals surface area (Å²) in [5.41, 5.74) is -0.584. The van der Waals surface area contributed by atoms with Crippen LogP contribution in [0, 0.1) is 5.92 Å². The van der Waals surface area contributed by atoms with Crippen LogP contribution in [0.15, 0.2) is 16.8 Å². The molecule has 0 spiro atoms. The highest BCUT2D eigenvalue weighted by Gasteiger charge is 2.42. The quantitative estimate of drug-likeness (QED) is 0.739.